The van der Waals surface area contributed by atoms with E-state index in [0.29, 0.717) is 5.56 Å². The molecular formula is C12H16IN3O2. The Morgan fingerprint density at radius 1 is 1.44 bits per heavy atom. The number of nitrogens with zero attached hydrogens (tertiary/aromatic N) is 2. The topological polar surface area (TPSA) is 78.9 Å². The molecule has 0 aromatic heterocycles. The maximum absolute atomic E-state index is 12.3. The van der Waals surface area contributed by atoms with Gasteiger partial charge >= 0.3 is 0 Å². The van der Waals surface area contributed by atoms with E-state index in [1.165, 1.54) is 0 Å². The van der Waals surface area contributed by atoms with Crippen LogP contribution >= 0.6 is 22.6 Å². The first-order valence-electron chi connectivity index (χ1n) is 5.48. The van der Waals surface area contributed by atoms with Gasteiger partial charge in [0, 0.05) is 15.2 Å². The second kappa shape index (κ2) is 6.58. The van der Waals surface area contributed by atoms with Crippen LogP contribution in [0, 0.1) is 3.57 Å². The zero-order valence-electron chi connectivity index (χ0n) is 10.3. The Morgan fingerprint density at radius 3 is 2.44 bits per heavy atom. The Hall–Kier alpha value is -1.31. The molecule has 0 saturated carbocycles. The van der Waals surface area contributed by atoms with Crippen molar-refractivity contribution in [2.45, 2.75) is 19.9 Å². The lowest BCUT2D eigenvalue weighted by Crippen LogP contribution is -2.42. The fourth-order valence-electron chi connectivity index (χ4n) is 1.45. The van der Waals surface area contributed by atoms with Gasteiger partial charge < -0.3 is 15.8 Å². The number of benzene rings is 1. The molecule has 0 aliphatic heterocycles. The summed E-state index contributed by atoms with van der Waals surface area (Å²) in [5.41, 5.74) is 6.05. The maximum Gasteiger partial charge on any atom is 0.254 e. The molecule has 6 heteroatoms. The third kappa shape index (κ3) is 3.86. The van der Waals surface area contributed by atoms with E-state index in [1.54, 1.807) is 17.0 Å². The number of halogens is 1. The Labute approximate surface area is 120 Å². The molecule has 0 fully saturated rings. The molecule has 1 rings (SSSR count). The largest absolute Gasteiger partial charge is 0.409 e. The van der Waals surface area contributed by atoms with Gasteiger partial charge in [-0.3, -0.25) is 4.79 Å². The van der Waals surface area contributed by atoms with Crippen LogP contribution in [0.25, 0.3) is 0 Å². The minimum atomic E-state index is -0.131. The lowest BCUT2D eigenvalue weighted by atomic mass is 10.1. The van der Waals surface area contributed by atoms with E-state index in [2.05, 4.69) is 27.7 Å². The molecule has 0 spiro atoms. The highest BCUT2D eigenvalue weighted by Gasteiger charge is 2.19. The average molecular weight is 361 g/mol. The number of carbonyl (C=O) groups is 1. The zero-order valence-corrected chi connectivity index (χ0v) is 12.5. The average Bonchev–Trinajstić information content (AvgIpc) is 2.35. The van der Waals surface area contributed by atoms with Crippen molar-refractivity contribution in [3.05, 3.63) is 33.4 Å². The second-order valence-electron chi connectivity index (χ2n) is 4.13. The predicted molar refractivity (Wildman–Crippen MR) is 78.7 cm³/mol. The van der Waals surface area contributed by atoms with Gasteiger partial charge in [0.25, 0.3) is 5.91 Å². The van der Waals surface area contributed by atoms with Crippen LogP contribution in [0.15, 0.2) is 29.4 Å². The van der Waals surface area contributed by atoms with Gasteiger partial charge in [-0.2, -0.15) is 0 Å². The molecule has 0 aliphatic rings. The zero-order chi connectivity index (χ0) is 13.7. The molecule has 98 valence electrons. The van der Waals surface area contributed by atoms with Gasteiger partial charge in [0.1, 0.15) is 0 Å². The van der Waals surface area contributed by atoms with E-state index < -0.39 is 0 Å². The first-order chi connectivity index (χ1) is 8.45. The van der Waals surface area contributed by atoms with Crippen molar-refractivity contribution in [1.82, 2.24) is 4.90 Å². The van der Waals surface area contributed by atoms with Gasteiger partial charge in [-0.1, -0.05) is 5.16 Å². The SMILES string of the molecule is CC(C)N(CC(N)=NO)C(=O)c1ccc(I)cc1. The molecule has 5 nitrogen and oxygen atoms in total. The molecule has 0 unspecified atom stereocenters. The second-order valence-corrected chi connectivity index (χ2v) is 5.37. The minimum Gasteiger partial charge on any atom is -0.409 e. The van der Waals surface area contributed by atoms with E-state index in [9.17, 15) is 4.79 Å². The van der Waals surface area contributed by atoms with Gasteiger partial charge in [-0.05, 0) is 60.7 Å². The highest BCUT2D eigenvalue weighted by Crippen LogP contribution is 2.11. The van der Waals surface area contributed by atoms with E-state index in [4.69, 9.17) is 10.9 Å². The van der Waals surface area contributed by atoms with Crippen molar-refractivity contribution in [3.63, 3.8) is 0 Å². The summed E-state index contributed by atoms with van der Waals surface area (Å²) < 4.78 is 1.07. The molecule has 0 atom stereocenters. The molecule has 0 heterocycles. The van der Waals surface area contributed by atoms with Crippen LogP contribution < -0.4 is 5.73 Å². The molecule has 1 aromatic rings. The van der Waals surface area contributed by atoms with Crippen molar-refractivity contribution < 1.29 is 10.0 Å². The lowest BCUT2D eigenvalue weighted by molar-refractivity contribution is 0.0734. The van der Waals surface area contributed by atoms with Crippen molar-refractivity contribution in [2.75, 3.05) is 6.54 Å². The lowest BCUT2D eigenvalue weighted by Gasteiger charge is -2.26. The Morgan fingerprint density at radius 2 is 2.00 bits per heavy atom. The molecule has 1 amide bonds. The van der Waals surface area contributed by atoms with E-state index in [0.717, 1.165) is 3.57 Å². The van der Waals surface area contributed by atoms with Crippen LogP contribution in [0.2, 0.25) is 0 Å². The van der Waals surface area contributed by atoms with Crippen molar-refractivity contribution in [2.24, 2.45) is 10.9 Å². The monoisotopic (exact) mass is 361 g/mol. The quantitative estimate of drug-likeness (QED) is 0.283. The standard InChI is InChI=1S/C12H16IN3O2/c1-8(2)16(7-11(14)15-18)12(17)9-3-5-10(13)6-4-9/h3-6,8,18H,7H2,1-2H3,(H2,14,15). The number of amidine groups is 1. The van der Waals surface area contributed by atoms with E-state index in [-0.39, 0.29) is 24.3 Å². The highest BCUT2D eigenvalue weighted by atomic mass is 127. The molecule has 18 heavy (non-hydrogen) atoms. The molecule has 1 aromatic carbocycles. The van der Waals surface area contributed by atoms with Gasteiger partial charge in [0.2, 0.25) is 0 Å². The number of hydrogen-bond donors (Lipinski definition) is 2. The fraction of sp³-hybridized carbons (Fsp3) is 0.333. The number of oxime groups is 1. The molecule has 3 N–H and O–H groups in total. The number of nitrogens with two attached hydrogens (primary N) is 1. The summed E-state index contributed by atoms with van der Waals surface area (Å²) in [6, 6.07) is 7.25. The first kappa shape index (κ1) is 14.7. The van der Waals surface area contributed by atoms with Crippen LogP contribution in [0.5, 0.6) is 0 Å². The molecule has 0 saturated heterocycles. The van der Waals surface area contributed by atoms with E-state index in [1.807, 2.05) is 26.0 Å². The summed E-state index contributed by atoms with van der Waals surface area (Å²) in [6.45, 7) is 3.88. The van der Waals surface area contributed by atoms with Crippen molar-refractivity contribution in [3.8, 4) is 0 Å². The van der Waals surface area contributed by atoms with Crippen LogP contribution in [0.1, 0.15) is 24.2 Å². The fourth-order valence-corrected chi connectivity index (χ4v) is 1.81. The van der Waals surface area contributed by atoms with Gasteiger partial charge in [-0.15, -0.1) is 0 Å². The van der Waals surface area contributed by atoms with Crippen molar-refractivity contribution in [1.29, 1.82) is 0 Å². The summed E-state index contributed by atoms with van der Waals surface area (Å²) in [6.07, 6.45) is 0. The van der Waals surface area contributed by atoms with Gasteiger partial charge in [0.15, 0.2) is 5.84 Å². The smallest absolute Gasteiger partial charge is 0.254 e. The number of rotatable bonds is 4. The number of amides is 1. The molecule has 0 radical (unpaired) electrons. The molecular weight excluding hydrogens is 345 g/mol. The third-order valence-corrected chi connectivity index (χ3v) is 3.16. The van der Waals surface area contributed by atoms with Crippen molar-refractivity contribution >= 4 is 34.3 Å². The summed E-state index contributed by atoms with van der Waals surface area (Å²) >= 11 is 2.18. The Bertz CT molecular complexity index is 443. The highest BCUT2D eigenvalue weighted by molar-refractivity contribution is 14.1. The molecule has 0 bridgehead atoms. The van der Waals surface area contributed by atoms with Crippen LogP contribution in [-0.4, -0.2) is 34.4 Å². The van der Waals surface area contributed by atoms with E-state index >= 15 is 0 Å². The Balaban J connectivity index is 2.92. The Kier molecular flexibility index (Phi) is 5.39. The number of carbonyl (C=O) groups excluding carboxylic acids is 1. The normalized spacial score (nSPS) is 11.7. The first-order valence-corrected chi connectivity index (χ1v) is 6.56. The van der Waals surface area contributed by atoms with Gasteiger partial charge in [-0.25, -0.2) is 0 Å². The summed E-state index contributed by atoms with van der Waals surface area (Å²) in [7, 11) is 0. The van der Waals surface area contributed by atoms with Crippen LogP contribution in [0.4, 0.5) is 0 Å². The summed E-state index contributed by atoms with van der Waals surface area (Å²) in [5, 5.41) is 11.5. The number of hydrogen-bond acceptors (Lipinski definition) is 3. The van der Waals surface area contributed by atoms with Gasteiger partial charge in [0.05, 0.1) is 6.54 Å². The van der Waals surface area contributed by atoms with Crippen LogP contribution in [-0.2, 0) is 0 Å². The van der Waals surface area contributed by atoms with Crippen LogP contribution in [0.3, 0.4) is 0 Å². The summed E-state index contributed by atoms with van der Waals surface area (Å²) in [5.74, 6) is -0.115. The third-order valence-electron chi connectivity index (χ3n) is 2.44. The molecule has 0 aliphatic carbocycles. The minimum absolute atomic E-state index is 0.0163. The summed E-state index contributed by atoms with van der Waals surface area (Å²) in [4.78, 5) is 13.8. The predicted octanol–water partition coefficient (Wildman–Crippen LogP) is 1.89. The maximum atomic E-state index is 12.3.